The molecule has 0 aliphatic carbocycles. The summed E-state index contributed by atoms with van der Waals surface area (Å²) >= 11 is 0. The number of hydrogen-bond donors (Lipinski definition) is 1. The van der Waals surface area contributed by atoms with E-state index in [1.807, 2.05) is 13.0 Å². The molecular weight excluding hydrogens is 230 g/mol. The highest BCUT2D eigenvalue weighted by Crippen LogP contribution is 2.23. The molecule has 1 N–H and O–H groups in total. The van der Waals surface area contributed by atoms with E-state index < -0.39 is 0 Å². The van der Waals surface area contributed by atoms with Crippen molar-refractivity contribution in [2.75, 3.05) is 20.1 Å². The number of rotatable bonds is 4. The van der Waals surface area contributed by atoms with Gasteiger partial charge in [-0.2, -0.15) is 0 Å². The Kier molecular flexibility index (Phi) is 3.93. The molecule has 18 heavy (non-hydrogen) atoms. The number of nitrogens with zero attached hydrogens (tertiary/aromatic N) is 2. The fourth-order valence-electron chi connectivity index (χ4n) is 2.45. The van der Waals surface area contributed by atoms with Gasteiger partial charge in [-0.3, -0.25) is 15.0 Å². The van der Waals surface area contributed by atoms with Crippen LogP contribution < -0.4 is 5.32 Å². The summed E-state index contributed by atoms with van der Waals surface area (Å²) in [6.07, 6.45) is 1.14. The molecule has 0 saturated carbocycles. The van der Waals surface area contributed by atoms with E-state index in [1.165, 1.54) is 0 Å². The predicted molar refractivity (Wildman–Crippen MR) is 70.6 cm³/mol. The quantitative estimate of drug-likeness (QED) is 0.651. The molecule has 1 unspecified atom stereocenters. The van der Waals surface area contributed by atoms with Crippen LogP contribution in [0.1, 0.15) is 17.5 Å². The molecule has 0 spiro atoms. The molecule has 0 bridgehead atoms. The Morgan fingerprint density at radius 1 is 1.56 bits per heavy atom. The number of benzene rings is 1. The lowest BCUT2D eigenvalue weighted by molar-refractivity contribution is -0.385. The summed E-state index contributed by atoms with van der Waals surface area (Å²) in [5.41, 5.74) is 2.03. The van der Waals surface area contributed by atoms with Crippen molar-refractivity contribution in [3.8, 4) is 0 Å². The molecule has 0 radical (unpaired) electrons. The third-order valence-electron chi connectivity index (χ3n) is 3.69. The Hall–Kier alpha value is -1.46. The second-order valence-corrected chi connectivity index (χ2v) is 4.88. The molecule has 1 atom stereocenters. The zero-order chi connectivity index (χ0) is 13.1. The van der Waals surface area contributed by atoms with Crippen molar-refractivity contribution in [1.29, 1.82) is 0 Å². The molecule has 1 aliphatic heterocycles. The predicted octanol–water partition coefficient (Wildman–Crippen LogP) is 1.70. The standard InChI is InChI=1S/C13H19N3O2/c1-10-11(4-3-5-13(10)16(17)18)9-15(2)12-6-7-14-8-12/h3-5,12,14H,6-9H2,1-2H3. The van der Waals surface area contributed by atoms with E-state index in [1.54, 1.807) is 12.1 Å². The molecule has 1 aromatic rings. The van der Waals surface area contributed by atoms with Crippen molar-refractivity contribution < 1.29 is 4.92 Å². The molecule has 1 fully saturated rings. The molecule has 1 heterocycles. The Labute approximate surface area is 107 Å². The van der Waals surface area contributed by atoms with Gasteiger partial charge in [-0.1, -0.05) is 12.1 Å². The van der Waals surface area contributed by atoms with Crippen molar-refractivity contribution in [1.82, 2.24) is 10.2 Å². The third-order valence-corrected chi connectivity index (χ3v) is 3.69. The van der Waals surface area contributed by atoms with Crippen molar-refractivity contribution in [3.05, 3.63) is 39.4 Å². The zero-order valence-corrected chi connectivity index (χ0v) is 10.8. The second-order valence-electron chi connectivity index (χ2n) is 4.88. The van der Waals surface area contributed by atoms with E-state index in [-0.39, 0.29) is 10.6 Å². The first-order valence-corrected chi connectivity index (χ1v) is 6.23. The molecule has 0 aromatic heterocycles. The monoisotopic (exact) mass is 249 g/mol. The van der Waals surface area contributed by atoms with Crippen LogP contribution >= 0.6 is 0 Å². The van der Waals surface area contributed by atoms with Crippen LogP contribution in [-0.2, 0) is 6.54 Å². The van der Waals surface area contributed by atoms with Gasteiger partial charge in [0.05, 0.1) is 4.92 Å². The molecule has 1 aliphatic rings. The maximum atomic E-state index is 10.9. The Morgan fingerprint density at radius 3 is 2.94 bits per heavy atom. The number of nitrogens with one attached hydrogen (secondary N) is 1. The summed E-state index contributed by atoms with van der Waals surface area (Å²) in [5.74, 6) is 0. The van der Waals surface area contributed by atoms with E-state index in [4.69, 9.17) is 0 Å². The maximum absolute atomic E-state index is 10.9. The van der Waals surface area contributed by atoms with Gasteiger partial charge in [-0.05, 0) is 32.5 Å². The number of nitro benzene ring substituents is 1. The van der Waals surface area contributed by atoms with Gasteiger partial charge in [-0.25, -0.2) is 0 Å². The number of likely N-dealkylation sites (N-methyl/N-ethyl adjacent to an activating group) is 1. The molecule has 1 aromatic carbocycles. The lowest BCUT2D eigenvalue weighted by Gasteiger charge is -2.24. The van der Waals surface area contributed by atoms with Crippen LogP contribution in [0.15, 0.2) is 18.2 Å². The van der Waals surface area contributed by atoms with Gasteiger partial charge >= 0.3 is 0 Å². The van der Waals surface area contributed by atoms with E-state index in [9.17, 15) is 10.1 Å². The van der Waals surface area contributed by atoms with Crippen molar-refractivity contribution in [3.63, 3.8) is 0 Å². The minimum atomic E-state index is -0.310. The van der Waals surface area contributed by atoms with E-state index in [0.717, 1.165) is 37.2 Å². The van der Waals surface area contributed by atoms with Crippen LogP contribution in [0.3, 0.4) is 0 Å². The highest BCUT2D eigenvalue weighted by molar-refractivity contribution is 5.44. The van der Waals surface area contributed by atoms with Gasteiger partial charge in [0.15, 0.2) is 0 Å². The topological polar surface area (TPSA) is 58.4 Å². The average Bonchev–Trinajstić information content (AvgIpc) is 2.85. The van der Waals surface area contributed by atoms with Gasteiger partial charge in [0.2, 0.25) is 0 Å². The van der Waals surface area contributed by atoms with Crippen LogP contribution in [0.2, 0.25) is 0 Å². The molecule has 5 nitrogen and oxygen atoms in total. The number of nitro groups is 1. The van der Waals surface area contributed by atoms with Gasteiger partial charge < -0.3 is 5.32 Å². The van der Waals surface area contributed by atoms with Crippen LogP contribution in [0.4, 0.5) is 5.69 Å². The Morgan fingerprint density at radius 2 is 2.33 bits per heavy atom. The molecule has 1 saturated heterocycles. The summed E-state index contributed by atoms with van der Waals surface area (Å²) in [5, 5.41) is 14.2. The highest BCUT2D eigenvalue weighted by atomic mass is 16.6. The molecule has 2 rings (SSSR count). The molecule has 0 amide bonds. The first-order valence-electron chi connectivity index (χ1n) is 6.23. The highest BCUT2D eigenvalue weighted by Gasteiger charge is 2.21. The summed E-state index contributed by atoms with van der Waals surface area (Å²) in [6, 6.07) is 5.84. The van der Waals surface area contributed by atoms with E-state index in [0.29, 0.717) is 6.04 Å². The van der Waals surface area contributed by atoms with Crippen LogP contribution in [0.5, 0.6) is 0 Å². The van der Waals surface area contributed by atoms with Crippen molar-refractivity contribution in [2.45, 2.75) is 25.9 Å². The summed E-state index contributed by atoms with van der Waals surface area (Å²) in [6.45, 7) is 4.65. The van der Waals surface area contributed by atoms with Crippen LogP contribution in [0, 0.1) is 17.0 Å². The molecule has 5 heteroatoms. The lowest BCUT2D eigenvalue weighted by Crippen LogP contribution is -2.33. The smallest absolute Gasteiger partial charge is 0.272 e. The maximum Gasteiger partial charge on any atom is 0.272 e. The fraction of sp³-hybridized carbons (Fsp3) is 0.538. The minimum absolute atomic E-state index is 0.213. The fourth-order valence-corrected chi connectivity index (χ4v) is 2.45. The summed E-state index contributed by atoms with van der Waals surface area (Å²) in [7, 11) is 2.08. The average molecular weight is 249 g/mol. The Balaban J connectivity index is 2.13. The first-order chi connectivity index (χ1) is 8.59. The van der Waals surface area contributed by atoms with E-state index in [2.05, 4.69) is 17.3 Å². The zero-order valence-electron chi connectivity index (χ0n) is 10.8. The number of hydrogen-bond acceptors (Lipinski definition) is 4. The summed E-state index contributed by atoms with van der Waals surface area (Å²) in [4.78, 5) is 12.9. The Bertz CT molecular complexity index is 442. The summed E-state index contributed by atoms with van der Waals surface area (Å²) < 4.78 is 0. The van der Waals surface area contributed by atoms with Crippen LogP contribution in [-0.4, -0.2) is 36.0 Å². The first kappa shape index (κ1) is 13.0. The van der Waals surface area contributed by atoms with Crippen LogP contribution in [0.25, 0.3) is 0 Å². The molecule has 98 valence electrons. The third kappa shape index (κ3) is 2.68. The van der Waals surface area contributed by atoms with Crippen molar-refractivity contribution >= 4 is 5.69 Å². The van der Waals surface area contributed by atoms with E-state index >= 15 is 0 Å². The SMILES string of the molecule is Cc1c(CN(C)C2CCNC2)cccc1[N+](=O)[O-]. The molecular formula is C13H19N3O2. The van der Waals surface area contributed by atoms with Gasteiger partial charge in [0, 0.05) is 30.8 Å². The minimum Gasteiger partial charge on any atom is -0.315 e. The second kappa shape index (κ2) is 5.46. The largest absolute Gasteiger partial charge is 0.315 e. The van der Waals surface area contributed by atoms with Gasteiger partial charge in [-0.15, -0.1) is 0 Å². The van der Waals surface area contributed by atoms with Crippen molar-refractivity contribution in [2.24, 2.45) is 0 Å². The normalized spacial score (nSPS) is 19.4. The lowest BCUT2D eigenvalue weighted by atomic mass is 10.1. The van der Waals surface area contributed by atoms with Gasteiger partial charge in [0.25, 0.3) is 5.69 Å². The van der Waals surface area contributed by atoms with Gasteiger partial charge in [0.1, 0.15) is 0 Å².